The summed E-state index contributed by atoms with van der Waals surface area (Å²) in [6.07, 6.45) is -4.32. The zero-order valence-corrected chi connectivity index (χ0v) is 9.52. The van der Waals surface area contributed by atoms with Crippen LogP contribution in [0.5, 0.6) is 0 Å². The number of halogens is 3. The van der Waals surface area contributed by atoms with Crippen LogP contribution in [-0.4, -0.2) is 12.0 Å². The third kappa shape index (κ3) is 2.15. The Bertz CT molecular complexity index is 528. The lowest BCUT2D eigenvalue weighted by Crippen LogP contribution is -2.12. The van der Waals surface area contributed by atoms with Gasteiger partial charge in [0.05, 0.1) is 5.56 Å². The maximum absolute atomic E-state index is 12.8. The molecule has 5 heteroatoms. The number of benzene rings is 1. The molecule has 1 atom stereocenters. The van der Waals surface area contributed by atoms with Gasteiger partial charge in [0.25, 0.3) is 0 Å². The van der Waals surface area contributed by atoms with Crippen LogP contribution in [-0.2, 0) is 6.18 Å². The molecule has 2 nitrogen and oxygen atoms in total. The maximum atomic E-state index is 12.8. The van der Waals surface area contributed by atoms with Crippen molar-refractivity contribution in [1.29, 1.82) is 0 Å². The van der Waals surface area contributed by atoms with E-state index < -0.39 is 11.7 Å². The molecule has 1 heterocycles. The van der Waals surface area contributed by atoms with Crippen LogP contribution in [0.25, 0.3) is 10.9 Å². The van der Waals surface area contributed by atoms with Gasteiger partial charge in [-0.2, -0.15) is 13.2 Å². The van der Waals surface area contributed by atoms with Crippen molar-refractivity contribution in [1.82, 2.24) is 10.3 Å². The van der Waals surface area contributed by atoms with Crippen LogP contribution in [0.4, 0.5) is 13.2 Å². The Morgan fingerprint density at radius 2 is 2.00 bits per heavy atom. The molecule has 1 unspecified atom stereocenters. The lowest BCUT2D eigenvalue weighted by molar-refractivity contribution is -0.136. The molecule has 0 saturated carbocycles. The van der Waals surface area contributed by atoms with Crippen LogP contribution in [0.1, 0.15) is 24.2 Å². The van der Waals surface area contributed by atoms with Gasteiger partial charge in [0.2, 0.25) is 0 Å². The van der Waals surface area contributed by atoms with Gasteiger partial charge in [-0.15, -0.1) is 0 Å². The largest absolute Gasteiger partial charge is 0.417 e. The van der Waals surface area contributed by atoms with Crippen molar-refractivity contribution in [3.8, 4) is 0 Å². The van der Waals surface area contributed by atoms with E-state index in [0.717, 1.165) is 11.8 Å². The van der Waals surface area contributed by atoms with Crippen LogP contribution in [0.3, 0.4) is 0 Å². The van der Waals surface area contributed by atoms with Gasteiger partial charge >= 0.3 is 6.18 Å². The molecule has 1 aromatic heterocycles. The number of aromatic nitrogens is 1. The first-order chi connectivity index (χ1) is 7.93. The molecule has 0 fully saturated rings. The van der Waals surface area contributed by atoms with Crippen molar-refractivity contribution in [2.75, 3.05) is 7.05 Å². The van der Waals surface area contributed by atoms with Crippen LogP contribution in [0.15, 0.2) is 24.3 Å². The second kappa shape index (κ2) is 4.07. The molecule has 17 heavy (non-hydrogen) atoms. The highest BCUT2D eigenvalue weighted by Gasteiger charge is 2.32. The van der Waals surface area contributed by atoms with Crippen LogP contribution in [0, 0.1) is 0 Å². The Morgan fingerprint density at radius 1 is 1.29 bits per heavy atom. The smallest absolute Gasteiger partial charge is 0.357 e. The van der Waals surface area contributed by atoms with Crippen molar-refractivity contribution >= 4 is 10.9 Å². The molecule has 0 aliphatic heterocycles. The molecule has 0 amide bonds. The number of nitrogens with one attached hydrogen (secondary N) is 2. The van der Waals surface area contributed by atoms with E-state index in [1.54, 1.807) is 19.2 Å². The monoisotopic (exact) mass is 242 g/mol. The molecular formula is C12H13F3N2. The van der Waals surface area contributed by atoms with Crippen LogP contribution < -0.4 is 5.32 Å². The van der Waals surface area contributed by atoms with Gasteiger partial charge in [0.1, 0.15) is 0 Å². The van der Waals surface area contributed by atoms with Crippen LogP contribution >= 0.6 is 0 Å². The Kier molecular flexibility index (Phi) is 2.87. The van der Waals surface area contributed by atoms with E-state index in [9.17, 15) is 13.2 Å². The van der Waals surface area contributed by atoms with E-state index in [-0.39, 0.29) is 11.4 Å². The van der Waals surface area contributed by atoms with Crippen molar-refractivity contribution in [3.05, 3.63) is 35.5 Å². The second-order valence-electron chi connectivity index (χ2n) is 4.00. The van der Waals surface area contributed by atoms with Gasteiger partial charge in [-0.25, -0.2) is 0 Å². The summed E-state index contributed by atoms with van der Waals surface area (Å²) in [6.45, 7) is 1.89. The number of hydrogen-bond donors (Lipinski definition) is 2. The van der Waals surface area contributed by atoms with Gasteiger partial charge in [0, 0.05) is 22.6 Å². The predicted octanol–water partition coefficient (Wildman–Crippen LogP) is 3.47. The van der Waals surface area contributed by atoms with E-state index in [1.807, 2.05) is 6.92 Å². The quantitative estimate of drug-likeness (QED) is 0.829. The summed E-state index contributed by atoms with van der Waals surface area (Å²) in [5, 5.41) is 3.21. The molecule has 2 N–H and O–H groups in total. The average molecular weight is 242 g/mol. The first-order valence-corrected chi connectivity index (χ1v) is 5.29. The molecular weight excluding hydrogens is 229 g/mol. The Morgan fingerprint density at radius 3 is 2.59 bits per heavy atom. The Labute approximate surface area is 96.8 Å². The molecule has 92 valence electrons. The fourth-order valence-corrected chi connectivity index (χ4v) is 1.81. The van der Waals surface area contributed by atoms with Crippen molar-refractivity contribution in [3.63, 3.8) is 0 Å². The molecule has 0 radical (unpaired) electrons. The fraction of sp³-hybridized carbons (Fsp3) is 0.333. The maximum Gasteiger partial charge on any atom is 0.417 e. The first-order valence-electron chi connectivity index (χ1n) is 5.29. The average Bonchev–Trinajstić information content (AvgIpc) is 2.69. The van der Waals surface area contributed by atoms with Crippen molar-refractivity contribution < 1.29 is 13.2 Å². The zero-order valence-electron chi connectivity index (χ0n) is 9.52. The highest BCUT2D eigenvalue weighted by atomic mass is 19.4. The SMILES string of the molecule is CNC(C)c1cc2c(C(F)(F)F)cccc2[nH]1. The highest BCUT2D eigenvalue weighted by molar-refractivity contribution is 5.84. The van der Waals surface area contributed by atoms with Crippen LogP contribution in [0.2, 0.25) is 0 Å². The van der Waals surface area contributed by atoms with Crippen molar-refractivity contribution in [2.24, 2.45) is 0 Å². The van der Waals surface area contributed by atoms with Gasteiger partial charge < -0.3 is 10.3 Å². The van der Waals surface area contributed by atoms with E-state index in [0.29, 0.717) is 5.52 Å². The van der Waals surface area contributed by atoms with Crippen molar-refractivity contribution in [2.45, 2.75) is 19.1 Å². The minimum atomic E-state index is -4.32. The number of rotatable bonds is 2. The predicted molar refractivity (Wildman–Crippen MR) is 60.8 cm³/mol. The molecule has 2 rings (SSSR count). The molecule has 0 saturated heterocycles. The minimum absolute atomic E-state index is 0.0107. The number of hydrogen-bond acceptors (Lipinski definition) is 1. The van der Waals surface area contributed by atoms with E-state index in [2.05, 4.69) is 10.3 Å². The standard InChI is InChI=1S/C12H13F3N2/c1-7(16-2)11-6-8-9(12(13,14)15)4-3-5-10(8)17-11/h3-7,16-17H,1-2H3. The summed E-state index contributed by atoms with van der Waals surface area (Å²) in [4.78, 5) is 3.00. The number of aromatic amines is 1. The number of alkyl halides is 3. The van der Waals surface area contributed by atoms with Gasteiger partial charge in [-0.3, -0.25) is 0 Å². The molecule has 0 spiro atoms. The lowest BCUT2D eigenvalue weighted by atomic mass is 10.1. The molecule has 0 aliphatic carbocycles. The molecule has 0 bridgehead atoms. The third-order valence-electron chi connectivity index (χ3n) is 2.89. The van der Waals surface area contributed by atoms with Gasteiger partial charge in [0.15, 0.2) is 0 Å². The first kappa shape index (κ1) is 12.0. The van der Waals surface area contributed by atoms with E-state index >= 15 is 0 Å². The van der Waals surface area contributed by atoms with Gasteiger partial charge in [-0.05, 0) is 32.2 Å². The van der Waals surface area contributed by atoms with E-state index in [1.165, 1.54) is 6.07 Å². The summed E-state index contributed by atoms with van der Waals surface area (Å²) in [5.41, 5.74) is 0.664. The fourth-order valence-electron chi connectivity index (χ4n) is 1.81. The summed E-state index contributed by atoms with van der Waals surface area (Å²) >= 11 is 0. The summed E-state index contributed by atoms with van der Waals surface area (Å²) in [7, 11) is 1.76. The highest BCUT2D eigenvalue weighted by Crippen LogP contribution is 2.35. The number of fused-ring (bicyclic) bond motifs is 1. The second-order valence-corrected chi connectivity index (χ2v) is 4.00. The number of H-pyrrole nitrogens is 1. The Balaban J connectivity index is 2.61. The van der Waals surface area contributed by atoms with E-state index in [4.69, 9.17) is 0 Å². The normalized spacial score (nSPS) is 14.2. The Hall–Kier alpha value is -1.49. The summed E-state index contributed by atoms with van der Waals surface area (Å²) in [6, 6.07) is 5.71. The molecule has 0 aliphatic rings. The summed E-state index contributed by atoms with van der Waals surface area (Å²) < 4.78 is 38.3. The minimum Gasteiger partial charge on any atom is -0.357 e. The molecule has 2 aromatic rings. The molecule has 1 aromatic carbocycles. The zero-order chi connectivity index (χ0) is 12.6. The van der Waals surface area contributed by atoms with Gasteiger partial charge in [-0.1, -0.05) is 6.07 Å². The third-order valence-corrected chi connectivity index (χ3v) is 2.89. The lowest BCUT2D eigenvalue weighted by Gasteiger charge is -2.07. The topological polar surface area (TPSA) is 27.8 Å². The summed E-state index contributed by atoms with van der Waals surface area (Å²) in [5.74, 6) is 0.